The lowest BCUT2D eigenvalue weighted by Crippen LogP contribution is -2.00. The highest BCUT2D eigenvalue weighted by Gasteiger charge is 2.03. The minimum atomic E-state index is 0.408. The molecule has 0 aromatic heterocycles. The van der Waals surface area contributed by atoms with Gasteiger partial charge in [0.05, 0.1) is 0 Å². The second kappa shape index (κ2) is 8.09. The van der Waals surface area contributed by atoms with Crippen LogP contribution in [0.3, 0.4) is 0 Å². The number of rotatable bonds is 6. The number of nitrogens with one attached hydrogen (secondary N) is 1. The van der Waals surface area contributed by atoms with E-state index in [-0.39, 0.29) is 0 Å². The molecule has 0 aliphatic heterocycles. The molecule has 3 aromatic rings. The first-order valence-corrected chi connectivity index (χ1v) is 8.41. The maximum Gasteiger partial charge on any atom is 0.120 e. The summed E-state index contributed by atoms with van der Waals surface area (Å²) < 4.78 is 5.85. The van der Waals surface area contributed by atoms with Crippen LogP contribution in [0.1, 0.15) is 11.1 Å². The molecule has 0 saturated heterocycles. The number of hydrogen-bond donors (Lipinski definition) is 1. The van der Waals surface area contributed by atoms with Gasteiger partial charge in [0.2, 0.25) is 0 Å². The third-order valence-corrected chi connectivity index (χ3v) is 4.17. The summed E-state index contributed by atoms with van der Waals surface area (Å²) in [5.74, 6) is 0.813. The van der Waals surface area contributed by atoms with E-state index in [0.29, 0.717) is 16.7 Å². The molecule has 24 heavy (non-hydrogen) atoms. The van der Waals surface area contributed by atoms with Crippen molar-refractivity contribution in [1.29, 1.82) is 0 Å². The zero-order valence-corrected chi connectivity index (χ0v) is 14.5. The molecule has 0 heterocycles. The summed E-state index contributed by atoms with van der Waals surface area (Å²) in [5.41, 5.74) is 3.16. The van der Waals surface area contributed by atoms with Gasteiger partial charge in [0.25, 0.3) is 0 Å². The van der Waals surface area contributed by atoms with Gasteiger partial charge >= 0.3 is 0 Å². The third kappa shape index (κ3) is 4.67. The fraction of sp³-hybridized carbons (Fsp3) is 0.100. The van der Waals surface area contributed by atoms with Gasteiger partial charge in [0.15, 0.2) is 0 Å². The molecule has 0 atom stereocenters. The fourth-order valence-corrected chi connectivity index (χ4v) is 2.77. The highest BCUT2D eigenvalue weighted by molar-refractivity contribution is 6.35. The third-order valence-electron chi connectivity index (χ3n) is 3.58. The number of hydrogen-bond acceptors (Lipinski definition) is 2. The van der Waals surface area contributed by atoms with E-state index in [1.54, 1.807) is 6.07 Å². The Kier molecular flexibility index (Phi) is 5.63. The summed E-state index contributed by atoms with van der Waals surface area (Å²) >= 11 is 12.1. The Morgan fingerprint density at radius 2 is 1.67 bits per heavy atom. The molecule has 3 aromatic carbocycles. The topological polar surface area (TPSA) is 21.3 Å². The summed E-state index contributed by atoms with van der Waals surface area (Å²) in [6.45, 7) is 1.15. The first kappa shape index (κ1) is 16.7. The molecule has 0 radical (unpaired) electrons. The Balaban J connectivity index is 1.60. The van der Waals surface area contributed by atoms with Gasteiger partial charge in [-0.05, 0) is 42.0 Å². The van der Waals surface area contributed by atoms with E-state index in [4.69, 9.17) is 27.9 Å². The molecule has 0 amide bonds. The Labute approximate surface area is 152 Å². The van der Waals surface area contributed by atoms with Crippen molar-refractivity contribution in [3.05, 3.63) is 94.0 Å². The summed E-state index contributed by atoms with van der Waals surface area (Å²) in [7, 11) is 0. The second-order valence-corrected chi connectivity index (χ2v) is 6.24. The summed E-state index contributed by atoms with van der Waals surface area (Å²) in [4.78, 5) is 0. The van der Waals surface area contributed by atoms with Crippen molar-refractivity contribution in [3.8, 4) is 5.75 Å². The SMILES string of the molecule is Clc1ccc(COc2cccc(CNc3ccccc3)c2)c(Cl)c1. The van der Waals surface area contributed by atoms with Gasteiger partial charge in [0, 0.05) is 27.8 Å². The Morgan fingerprint density at radius 1 is 0.833 bits per heavy atom. The number of ether oxygens (including phenoxy) is 1. The van der Waals surface area contributed by atoms with E-state index < -0.39 is 0 Å². The molecule has 0 spiro atoms. The highest BCUT2D eigenvalue weighted by atomic mass is 35.5. The first-order valence-electron chi connectivity index (χ1n) is 7.65. The first-order chi connectivity index (χ1) is 11.7. The van der Waals surface area contributed by atoms with E-state index in [2.05, 4.69) is 11.4 Å². The van der Waals surface area contributed by atoms with Crippen molar-refractivity contribution < 1.29 is 4.74 Å². The molecular weight excluding hydrogens is 341 g/mol. The van der Waals surface area contributed by atoms with Crippen LogP contribution >= 0.6 is 23.2 Å². The van der Waals surface area contributed by atoms with Crippen molar-refractivity contribution in [2.75, 3.05) is 5.32 Å². The fourth-order valence-electron chi connectivity index (χ4n) is 2.31. The van der Waals surface area contributed by atoms with Crippen molar-refractivity contribution in [1.82, 2.24) is 0 Å². The lowest BCUT2D eigenvalue weighted by molar-refractivity contribution is 0.306. The van der Waals surface area contributed by atoms with Gasteiger partial charge in [0.1, 0.15) is 12.4 Å². The Hall–Kier alpha value is -2.16. The molecular formula is C20H17Cl2NO. The van der Waals surface area contributed by atoms with Crippen LogP contribution in [0.2, 0.25) is 10.0 Å². The Morgan fingerprint density at radius 3 is 2.46 bits per heavy atom. The molecule has 2 nitrogen and oxygen atoms in total. The summed E-state index contributed by atoms with van der Waals surface area (Å²) in [6.07, 6.45) is 0. The average molecular weight is 358 g/mol. The minimum absolute atomic E-state index is 0.408. The van der Waals surface area contributed by atoms with Crippen molar-refractivity contribution in [2.24, 2.45) is 0 Å². The average Bonchev–Trinajstić information content (AvgIpc) is 2.60. The van der Waals surface area contributed by atoms with Crippen LogP contribution in [0.5, 0.6) is 5.75 Å². The monoisotopic (exact) mass is 357 g/mol. The van der Waals surface area contributed by atoms with Crippen LogP contribution in [0.4, 0.5) is 5.69 Å². The summed E-state index contributed by atoms with van der Waals surface area (Å²) in [5, 5.41) is 4.62. The maximum absolute atomic E-state index is 6.17. The molecule has 0 unspecified atom stereocenters. The predicted molar refractivity (Wildman–Crippen MR) is 101 cm³/mol. The zero-order chi connectivity index (χ0) is 16.8. The van der Waals surface area contributed by atoms with Crippen LogP contribution in [-0.4, -0.2) is 0 Å². The highest BCUT2D eigenvalue weighted by Crippen LogP contribution is 2.23. The van der Waals surface area contributed by atoms with Crippen LogP contribution < -0.4 is 10.1 Å². The molecule has 122 valence electrons. The van der Waals surface area contributed by atoms with Gasteiger partial charge in [-0.15, -0.1) is 0 Å². The van der Waals surface area contributed by atoms with Crippen LogP contribution in [0, 0.1) is 0 Å². The van der Waals surface area contributed by atoms with Crippen LogP contribution in [-0.2, 0) is 13.2 Å². The molecule has 0 aliphatic carbocycles. The van der Waals surface area contributed by atoms with E-state index in [1.807, 2.05) is 60.7 Å². The number of anilines is 1. The van der Waals surface area contributed by atoms with Gasteiger partial charge in [-0.2, -0.15) is 0 Å². The lowest BCUT2D eigenvalue weighted by atomic mass is 10.2. The van der Waals surface area contributed by atoms with Gasteiger partial charge < -0.3 is 10.1 Å². The quantitative estimate of drug-likeness (QED) is 0.568. The zero-order valence-electron chi connectivity index (χ0n) is 13.0. The summed E-state index contributed by atoms with van der Waals surface area (Å²) in [6, 6.07) is 23.6. The molecule has 0 saturated carbocycles. The van der Waals surface area contributed by atoms with E-state index in [1.165, 1.54) is 0 Å². The van der Waals surface area contributed by atoms with Gasteiger partial charge in [-0.3, -0.25) is 0 Å². The smallest absolute Gasteiger partial charge is 0.120 e. The largest absolute Gasteiger partial charge is 0.489 e. The van der Waals surface area contributed by atoms with Crippen molar-refractivity contribution in [2.45, 2.75) is 13.2 Å². The maximum atomic E-state index is 6.17. The van der Waals surface area contributed by atoms with Gasteiger partial charge in [-0.25, -0.2) is 0 Å². The number of halogens is 2. The molecule has 0 fully saturated rings. The second-order valence-electron chi connectivity index (χ2n) is 5.39. The van der Waals surface area contributed by atoms with Crippen LogP contribution in [0.15, 0.2) is 72.8 Å². The van der Waals surface area contributed by atoms with Crippen molar-refractivity contribution in [3.63, 3.8) is 0 Å². The lowest BCUT2D eigenvalue weighted by Gasteiger charge is -2.10. The van der Waals surface area contributed by atoms with Gasteiger partial charge in [-0.1, -0.05) is 59.6 Å². The molecule has 4 heteroatoms. The molecule has 0 bridgehead atoms. The van der Waals surface area contributed by atoms with E-state index >= 15 is 0 Å². The van der Waals surface area contributed by atoms with E-state index in [9.17, 15) is 0 Å². The number of para-hydroxylation sites is 1. The predicted octanol–water partition coefficient (Wildman–Crippen LogP) is 6.18. The minimum Gasteiger partial charge on any atom is -0.489 e. The molecule has 3 rings (SSSR count). The normalized spacial score (nSPS) is 10.4. The van der Waals surface area contributed by atoms with Crippen molar-refractivity contribution >= 4 is 28.9 Å². The standard InChI is InChI=1S/C20H17Cl2NO/c21-17-10-9-16(20(22)12-17)14-24-19-8-4-5-15(11-19)13-23-18-6-2-1-3-7-18/h1-12,23H,13-14H2. The Bertz CT molecular complexity index is 806. The molecule has 1 N–H and O–H groups in total. The van der Waals surface area contributed by atoms with E-state index in [0.717, 1.165) is 29.1 Å². The molecule has 0 aliphatic rings. The number of benzene rings is 3. The van der Waals surface area contributed by atoms with Crippen LogP contribution in [0.25, 0.3) is 0 Å².